The third-order valence-electron chi connectivity index (χ3n) is 2.04. The number of halogens is 1. The fourth-order valence-electron chi connectivity index (χ4n) is 1.24. The number of hydrogen-bond donors (Lipinski definition) is 2. The molecule has 1 rings (SSSR count). The van der Waals surface area contributed by atoms with E-state index >= 15 is 0 Å². The third kappa shape index (κ3) is 4.91. The molecule has 0 saturated heterocycles. The quantitative estimate of drug-likeness (QED) is 0.633. The highest BCUT2D eigenvalue weighted by Gasteiger charge is 2.10. The molecule has 0 spiro atoms. The molecule has 1 aromatic rings. The van der Waals surface area contributed by atoms with Gasteiger partial charge in [-0.25, -0.2) is 0 Å². The number of phenolic OH excluding ortho intramolecular Hbond substituents is 1. The van der Waals surface area contributed by atoms with Crippen LogP contribution >= 0.6 is 22.6 Å². The van der Waals surface area contributed by atoms with Crippen LogP contribution in [0.4, 0.5) is 0 Å². The third-order valence-corrected chi connectivity index (χ3v) is 2.71. The molecule has 1 aromatic carbocycles. The standard InChI is InChI=1S/C12H16INO3/c1-8(2)17-6-5-14-12(16)10-7-9(13)3-4-11(10)15/h3-4,7-8,15H,5-6H2,1-2H3,(H,14,16). The molecule has 17 heavy (non-hydrogen) atoms. The highest BCUT2D eigenvalue weighted by atomic mass is 127. The predicted molar refractivity (Wildman–Crippen MR) is 74.2 cm³/mol. The Labute approximate surface area is 115 Å². The Kier molecular flexibility index (Phi) is 5.70. The van der Waals surface area contributed by atoms with Crippen molar-refractivity contribution in [2.24, 2.45) is 0 Å². The van der Waals surface area contributed by atoms with Gasteiger partial charge in [0.25, 0.3) is 5.91 Å². The van der Waals surface area contributed by atoms with Crippen molar-refractivity contribution in [2.75, 3.05) is 13.2 Å². The highest BCUT2D eigenvalue weighted by molar-refractivity contribution is 14.1. The molecule has 0 aliphatic heterocycles. The number of rotatable bonds is 5. The minimum absolute atomic E-state index is 0.00676. The Balaban J connectivity index is 2.49. The number of ether oxygens (including phenoxy) is 1. The lowest BCUT2D eigenvalue weighted by molar-refractivity contribution is 0.0745. The summed E-state index contributed by atoms with van der Waals surface area (Å²) in [5, 5.41) is 12.2. The molecule has 0 atom stereocenters. The van der Waals surface area contributed by atoms with Gasteiger partial charge in [0.2, 0.25) is 0 Å². The zero-order valence-corrected chi connectivity index (χ0v) is 12.0. The van der Waals surface area contributed by atoms with Crippen molar-refractivity contribution in [2.45, 2.75) is 20.0 Å². The van der Waals surface area contributed by atoms with E-state index in [2.05, 4.69) is 27.9 Å². The van der Waals surface area contributed by atoms with Crippen molar-refractivity contribution < 1.29 is 14.6 Å². The van der Waals surface area contributed by atoms with Crippen LogP contribution in [0.15, 0.2) is 18.2 Å². The van der Waals surface area contributed by atoms with Gasteiger partial charge in [-0.1, -0.05) is 0 Å². The molecule has 2 N–H and O–H groups in total. The van der Waals surface area contributed by atoms with Crippen molar-refractivity contribution in [3.63, 3.8) is 0 Å². The Morgan fingerprint density at radius 2 is 2.24 bits per heavy atom. The summed E-state index contributed by atoms with van der Waals surface area (Å²) >= 11 is 2.09. The summed E-state index contributed by atoms with van der Waals surface area (Å²) in [6, 6.07) is 4.91. The van der Waals surface area contributed by atoms with E-state index in [0.29, 0.717) is 18.7 Å². The van der Waals surface area contributed by atoms with Crippen LogP contribution in [0, 0.1) is 3.57 Å². The van der Waals surface area contributed by atoms with Gasteiger partial charge in [-0.2, -0.15) is 0 Å². The number of phenols is 1. The van der Waals surface area contributed by atoms with Gasteiger partial charge < -0.3 is 15.2 Å². The lowest BCUT2D eigenvalue weighted by atomic mass is 10.2. The summed E-state index contributed by atoms with van der Waals surface area (Å²) < 4.78 is 6.21. The van der Waals surface area contributed by atoms with E-state index < -0.39 is 0 Å². The Hall–Kier alpha value is -0.820. The van der Waals surface area contributed by atoms with E-state index in [1.165, 1.54) is 6.07 Å². The molecular formula is C12H16INO3. The van der Waals surface area contributed by atoms with E-state index in [1.807, 2.05) is 13.8 Å². The maximum Gasteiger partial charge on any atom is 0.255 e. The number of aromatic hydroxyl groups is 1. The van der Waals surface area contributed by atoms with Crippen LogP contribution in [-0.4, -0.2) is 30.3 Å². The van der Waals surface area contributed by atoms with Crippen LogP contribution in [0.3, 0.4) is 0 Å². The molecule has 0 saturated carbocycles. The first-order chi connectivity index (χ1) is 8.00. The number of amides is 1. The number of carbonyl (C=O) groups is 1. The Morgan fingerprint density at radius 1 is 1.53 bits per heavy atom. The van der Waals surface area contributed by atoms with Crippen LogP contribution in [0.5, 0.6) is 5.75 Å². The Morgan fingerprint density at radius 3 is 2.88 bits per heavy atom. The Bertz CT molecular complexity index is 393. The van der Waals surface area contributed by atoms with E-state index in [1.54, 1.807) is 12.1 Å². The number of benzene rings is 1. The van der Waals surface area contributed by atoms with Gasteiger partial charge in [0.1, 0.15) is 5.75 Å². The molecule has 0 fully saturated rings. The molecule has 0 unspecified atom stereocenters. The topological polar surface area (TPSA) is 58.6 Å². The average Bonchev–Trinajstić information content (AvgIpc) is 2.27. The van der Waals surface area contributed by atoms with Crippen molar-refractivity contribution in [3.05, 3.63) is 27.3 Å². The molecule has 4 nitrogen and oxygen atoms in total. The van der Waals surface area contributed by atoms with Gasteiger partial charge in [-0.15, -0.1) is 0 Å². The summed E-state index contributed by atoms with van der Waals surface area (Å²) in [5.41, 5.74) is 0.293. The minimum atomic E-state index is -0.284. The monoisotopic (exact) mass is 349 g/mol. The molecule has 1 amide bonds. The molecule has 0 heterocycles. The average molecular weight is 349 g/mol. The minimum Gasteiger partial charge on any atom is -0.507 e. The second-order valence-electron chi connectivity index (χ2n) is 3.84. The lowest BCUT2D eigenvalue weighted by Gasteiger charge is -2.09. The number of nitrogens with one attached hydrogen (secondary N) is 1. The van der Waals surface area contributed by atoms with E-state index in [4.69, 9.17) is 4.74 Å². The summed E-state index contributed by atoms with van der Waals surface area (Å²) in [6.07, 6.45) is 0.151. The molecule has 0 bridgehead atoms. The molecular weight excluding hydrogens is 333 g/mol. The second kappa shape index (κ2) is 6.80. The van der Waals surface area contributed by atoms with Gasteiger partial charge in [0.05, 0.1) is 18.3 Å². The van der Waals surface area contributed by atoms with Gasteiger partial charge >= 0.3 is 0 Å². The molecule has 0 radical (unpaired) electrons. The van der Waals surface area contributed by atoms with Crippen molar-refractivity contribution >= 4 is 28.5 Å². The fraction of sp³-hybridized carbons (Fsp3) is 0.417. The van der Waals surface area contributed by atoms with Crippen molar-refractivity contribution in [1.29, 1.82) is 0 Å². The largest absolute Gasteiger partial charge is 0.507 e. The zero-order chi connectivity index (χ0) is 12.8. The van der Waals surface area contributed by atoms with Gasteiger partial charge in [0.15, 0.2) is 0 Å². The zero-order valence-electron chi connectivity index (χ0n) is 9.87. The molecule has 5 heteroatoms. The van der Waals surface area contributed by atoms with Crippen molar-refractivity contribution in [1.82, 2.24) is 5.32 Å². The van der Waals surface area contributed by atoms with Gasteiger partial charge in [-0.3, -0.25) is 4.79 Å². The van der Waals surface area contributed by atoms with Gasteiger partial charge in [0, 0.05) is 10.1 Å². The molecule has 0 aliphatic carbocycles. The number of carbonyl (C=O) groups excluding carboxylic acids is 1. The van der Waals surface area contributed by atoms with E-state index in [9.17, 15) is 9.90 Å². The summed E-state index contributed by atoms with van der Waals surface area (Å²) in [6.45, 7) is 4.77. The first kappa shape index (κ1) is 14.2. The van der Waals surface area contributed by atoms with Crippen LogP contribution in [0.2, 0.25) is 0 Å². The van der Waals surface area contributed by atoms with Gasteiger partial charge in [-0.05, 0) is 54.6 Å². The molecule has 0 aliphatic rings. The summed E-state index contributed by atoms with van der Waals surface area (Å²) in [7, 11) is 0. The van der Waals surface area contributed by atoms with Crippen molar-refractivity contribution in [3.8, 4) is 5.75 Å². The highest BCUT2D eigenvalue weighted by Crippen LogP contribution is 2.19. The predicted octanol–water partition coefficient (Wildman–Crippen LogP) is 2.15. The first-order valence-electron chi connectivity index (χ1n) is 5.39. The SMILES string of the molecule is CC(C)OCCNC(=O)c1cc(I)ccc1O. The normalized spacial score (nSPS) is 10.6. The smallest absolute Gasteiger partial charge is 0.255 e. The van der Waals surface area contributed by atoms with Crippen LogP contribution in [-0.2, 0) is 4.74 Å². The maximum atomic E-state index is 11.7. The second-order valence-corrected chi connectivity index (χ2v) is 5.08. The first-order valence-corrected chi connectivity index (χ1v) is 6.47. The summed E-state index contributed by atoms with van der Waals surface area (Å²) in [5.74, 6) is -0.291. The van der Waals surface area contributed by atoms with Crippen LogP contribution in [0.25, 0.3) is 0 Å². The van der Waals surface area contributed by atoms with E-state index in [0.717, 1.165) is 3.57 Å². The van der Waals surface area contributed by atoms with E-state index in [-0.39, 0.29) is 17.8 Å². The van der Waals surface area contributed by atoms with Crippen LogP contribution in [0.1, 0.15) is 24.2 Å². The summed E-state index contributed by atoms with van der Waals surface area (Å²) in [4.78, 5) is 11.7. The molecule has 0 aromatic heterocycles. The maximum absolute atomic E-state index is 11.7. The van der Waals surface area contributed by atoms with Crippen LogP contribution < -0.4 is 5.32 Å². The lowest BCUT2D eigenvalue weighted by Crippen LogP contribution is -2.28. The number of hydrogen-bond acceptors (Lipinski definition) is 3. The molecule has 94 valence electrons. The fourth-order valence-corrected chi connectivity index (χ4v) is 1.74.